The second kappa shape index (κ2) is 5.84. The second-order valence-electron chi connectivity index (χ2n) is 6.34. The number of benzene rings is 1. The van der Waals surface area contributed by atoms with Crippen molar-refractivity contribution >= 4 is 21.6 Å². The number of anilines is 1. The predicted molar refractivity (Wildman–Crippen MR) is 86.7 cm³/mol. The lowest BCUT2D eigenvalue weighted by molar-refractivity contribution is 0.282. The molecule has 0 aromatic heterocycles. The molecule has 1 aromatic carbocycles. The van der Waals surface area contributed by atoms with Gasteiger partial charge in [0.2, 0.25) is 0 Å². The Morgan fingerprint density at radius 1 is 1.42 bits per heavy atom. The minimum atomic E-state index is 0.236. The highest BCUT2D eigenvalue weighted by atomic mass is 79.9. The minimum absolute atomic E-state index is 0.236. The van der Waals surface area contributed by atoms with Crippen molar-refractivity contribution in [1.29, 1.82) is 0 Å². The fourth-order valence-electron chi connectivity index (χ4n) is 2.96. The van der Waals surface area contributed by atoms with Crippen LogP contribution >= 0.6 is 15.9 Å². The molecule has 0 saturated carbocycles. The molecule has 0 bridgehead atoms. The third-order valence-corrected chi connectivity index (χ3v) is 5.23. The van der Waals surface area contributed by atoms with Crippen LogP contribution in [0.4, 0.5) is 5.69 Å². The van der Waals surface area contributed by atoms with Crippen LogP contribution in [0.2, 0.25) is 0 Å². The third kappa shape index (κ3) is 3.32. The van der Waals surface area contributed by atoms with E-state index in [0.717, 1.165) is 25.4 Å². The van der Waals surface area contributed by atoms with Crippen molar-refractivity contribution in [3.05, 3.63) is 28.2 Å². The zero-order valence-corrected chi connectivity index (χ0v) is 13.8. The molecule has 0 aliphatic carbocycles. The Labute approximate surface area is 125 Å². The van der Waals surface area contributed by atoms with Crippen LogP contribution in [0.1, 0.15) is 38.7 Å². The summed E-state index contributed by atoms with van der Waals surface area (Å²) in [5, 5.41) is 0. The van der Waals surface area contributed by atoms with E-state index >= 15 is 0 Å². The zero-order valence-electron chi connectivity index (χ0n) is 12.2. The Bertz CT molecular complexity index is 442. The molecular formula is C16H25BrN2. The number of halogens is 1. The number of nitrogens with two attached hydrogens (primary N) is 1. The summed E-state index contributed by atoms with van der Waals surface area (Å²) in [6, 6.07) is 6.69. The van der Waals surface area contributed by atoms with Gasteiger partial charge in [-0.25, -0.2) is 0 Å². The van der Waals surface area contributed by atoms with E-state index in [-0.39, 0.29) is 5.54 Å². The molecular weight excluding hydrogens is 300 g/mol. The van der Waals surface area contributed by atoms with Crippen LogP contribution in [0.25, 0.3) is 0 Å². The van der Waals surface area contributed by atoms with E-state index in [0.29, 0.717) is 0 Å². The van der Waals surface area contributed by atoms with Crippen LogP contribution in [0.5, 0.6) is 0 Å². The Hall–Kier alpha value is -0.540. The molecule has 0 radical (unpaired) electrons. The molecule has 3 heteroatoms. The van der Waals surface area contributed by atoms with Crippen molar-refractivity contribution in [2.75, 3.05) is 18.0 Å². The topological polar surface area (TPSA) is 29.3 Å². The lowest BCUT2D eigenvalue weighted by atomic mass is 9.83. The van der Waals surface area contributed by atoms with Gasteiger partial charge in [0.05, 0.1) is 0 Å². The number of rotatable bonds is 3. The van der Waals surface area contributed by atoms with Crippen LogP contribution in [0.3, 0.4) is 0 Å². The SMILES string of the molecule is Cc1ccc(N2CC(CCN)CCC2(C)C)cc1Br. The summed E-state index contributed by atoms with van der Waals surface area (Å²) in [6.07, 6.45) is 3.68. The van der Waals surface area contributed by atoms with E-state index in [9.17, 15) is 0 Å². The lowest BCUT2D eigenvalue weighted by Gasteiger charge is -2.47. The first-order chi connectivity index (χ1) is 8.94. The van der Waals surface area contributed by atoms with Crippen molar-refractivity contribution in [2.24, 2.45) is 11.7 Å². The van der Waals surface area contributed by atoms with E-state index in [4.69, 9.17) is 5.73 Å². The van der Waals surface area contributed by atoms with Gasteiger partial charge < -0.3 is 10.6 Å². The van der Waals surface area contributed by atoms with Crippen molar-refractivity contribution in [3.63, 3.8) is 0 Å². The molecule has 1 unspecified atom stereocenters. The smallest absolute Gasteiger partial charge is 0.0382 e. The summed E-state index contributed by atoms with van der Waals surface area (Å²) in [4.78, 5) is 2.56. The van der Waals surface area contributed by atoms with E-state index in [1.807, 2.05) is 0 Å². The maximum atomic E-state index is 5.73. The first kappa shape index (κ1) is 14.9. The van der Waals surface area contributed by atoms with Gasteiger partial charge in [-0.05, 0) is 70.2 Å². The molecule has 0 amide bonds. The zero-order chi connectivity index (χ0) is 14.0. The first-order valence-corrected chi connectivity index (χ1v) is 7.97. The standard InChI is InChI=1S/C16H25BrN2/c1-12-4-5-14(10-15(12)17)19-11-13(7-9-18)6-8-16(19,2)3/h4-5,10,13H,6-9,11,18H2,1-3H3. The summed E-state index contributed by atoms with van der Waals surface area (Å²) in [5.74, 6) is 0.734. The number of hydrogen-bond donors (Lipinski definition) is 1. The van der Waals surface area contributed by atoms with Gasteiger partial charge in [0, 0.05) is 22.2 Å². The molecule has 2 N–H and O–H groups in total. The van der Waals surface area contributed by atoms with E-state index in [1.165, 1.54) is 28.6 Å². The fraction of sp³-hybridized carbons (Fsp3) is 0.625. The third-order valence-electron chi connectivity index (χ3n) is 4.38. The van der Waals surface area contributed by atoms with Crippen molar-refractivity contribution in [1.82, 2.24) is 0 Å². The molecule has 106 valence electrons. The van der Waals surface area contributed by atoms with Crippen LogP contribution in [-0.2, 0) is 0 Å². The average Bonchev–Trinajstić information content (AvgIpc) is 2.35. The Morgan fingerprint density at radius 2 is 2.16 bits per heavy atom. The largest absolute Gasteiger partial charge is 0.366 e. The maximum absolute atomic E-state index is 5.73. The summed E-state index contributed by atoms with van der Waals surface area (Å²) < 4.78 is 1.20. The second-order valence-corrected chi connectivity index (χ2v) is 7.19. The molecule has 2 rings (SSSR count). The Morgan fingerprint density at radius 3 is 2.79 bits per heavy atom. The molecule has 1 aromatic rings. The number of piperidine rings is 1. The van der Waals surface area contributed by atoms with Gasteiger partial charge >= 0.3 is 0 Å². The van der Waals surface area contributed by atoms with Gasteiger partial charge in [-0.3, -0.25) is 0 Å². The van der Waals surface area contributed by atoms with Gasteiger partial charge in [0.1, 0.15) is 0 Å². The monoisotopic (exact) mass is 324 g/mol. The molecule has 0 spiro atoms. The summed E-state index contributed by atoms with van der Waals surface area (Å²) in [7, 11) is 0. The number of nitrogens with zero attached hydrogens (tertiary/aromatic N) is 1. The normalized spacial score (nSPS) is 22.6. The van der Waals surface area contributed by atoms with Gasteiger partial charge in [-0.15, -0.1) is 0 Å². The van der Waals surface area contributed by atoms with Crippen LogP contribution in [0, 0.1) is 12.8 Å². The van der Waals surface area contributed by atoms with E-state index < -0.39 is 0 Å². The Kier molecular flexibility index (Phi) is 4.57. The minimum Gasteiger partial charge on any atom is -0.366 e. The molecule has 2 nitrogen and oxygen atoms in total. The Balaban J connectivity index is 2.25. The highest BCUT2D eigenvalue weighted by Crippen LogP contribution is 2.37. The van der Waals surface area contributed by atoms with E-state index in [1.54, 1.807) is 0 Å². The van der Waals surface area contributed by atoms with Gasteiger partial charge in [-0.2, -0.15) is 0 Å². The molecule has 1 aliphatic heterocycles. The molecule has 1 fully saturated rings. The number of aryl methyl sites for hydroxylation is 1. The van der Waals surface area contributed by atoms with Crippen molar-refractivity contribution < 1.29 is 0 Å². The van der Waals surface area contributed by atoms with Gasteiger partial charge in [0.25, 0.3) is 0 Å². The highest BCUT2D eigenvalue weighted by Gasteiger charge is 2.34. The summed E-state index contributed by atoms with van der Waals surface area (Å²) in [6.45, 7) is 8.75. The highest BCUT2D eigenvalue weighted by molar-refractivity contribution is 9.10. The molecule has 1 atom stereocenters. The van der Waals surface area contributed by atoms with Gasteiger partial charge in [-0.1, -0.05) is 22.0 Å². The maximum Gasteiger partial charge on any atom is 0.0382 e. The van der Waals surface area contributed by atoms with Crippen LogP contribution in [-0.4, -0.2) is 18.6 Å². The molecule has 1 heterocycles. The lowest BCUT2D eigenvalue weighted by Crippen LogP contribution is -2.51. The fourth-order valence-corrected chi connectivity index (χ4v) is 3.33. The predicted octanol–water partition coefficient (Wildman–Crippen LogP) is 4.10. The first-order valence-electron chi connectivity index (χ1n) is 7.18. The van der Waals surface area contributed by atoms with Crippen LogP contribution in [0.15, 0.2) is 22.7 Å². The van der Waals surface area contributed by atoms with Crippen molar-refractivity contribution in [3.8, 4) is 0 Å². The quantitative estimate of drug-likeness (QED) is 0.906. The van der Waals surface area contributed by atoms with Crippen molar-refractivity contribution in [2.45, 2.75) is 45.6 Å². The van der Waals surface area contributed by atoms with Crippen LogP contribution < -0.4 is 10.6 Å². The summed E-state index contributed by atoms with van der Waals surface area (Å²) in [5.41, 5.74) is 8.58. The number of hydrogen-bond acceptors (Lipinski definition) is 2. The molecule has 1 aliphatic rings. The molecule has 19 heavy (non-hydrogen) atoms. The average molecular weight is 325 g/mol. The van der Waals surface area contributed by atoms with E-state index in [2.05, 4.69) is 59.8 Å². The van der Waals surface area contributed by atoms with Gasteiger partial charge in [0.15, 0.2) is 0 Å². The molecule has 1 saturated heterocycles. The summed E-state index contributed by atoms with van der Waals surface area (Å²) >= 11 is 3.65.